The molecule has 8 nitrogen and oxygen atoms in total. The van der Waals surface area contributed by atoms with Gasteiger partial charge >= 0.3 is 0 Å². The molecule has 0 unspecified atom stereocenters. The molecule has 2 amide bonds. The van der Waals surface area contributed by atoms with Crippen LogP contribution in [-0.4, -0.2) is 38.7 Å². The minimum Gasteiger partial charge on any atom is -0.354 e. The molecular weight excluding hydrogens is 416 g/mol. The Morgan fingerprint density at radius 2 is 1.68 bits per heavy atom. The third-order valence-electron chi connectivity index (χ3n) is 4.81. The number of amides is 2. The number of nitrogens with zero attached hydrogens (tertiary/aromatic N) is 1. The maximum absolute atomic E-state index is 12.7. The van der Waals surface area contributed by atoms with Crippen LogP contribution >= 0.6 is 0 Å². The van der Waals surface area contributed by atoms with E-state index < -0.39 is 16.1 Å². The lowest BCUT2D eigenvalue weighted by molar-refractivity contribution is -0.123. The van der Waals surface area contributed by atoms with Gasteiger partial charge in [-0.25, -0.2) is 8.42 Å². The SMILES string of the molecule is CC(C)[C@H](N=C1NS(=O)(=O)c2ccccc21)C(=O)NCCC(=O)NCc1ccccc1. The number of nitrogens with one attached hydrogen (secondary N) is 3. The summed E-state index contributed by atoms with van der Waals surface area (Å²) in [6.07, 6.45) is 0.134. The summed E-state index contributed by atoms with van der Waals surface area (Å²) in [4.78, 5) is 29.2. The van der Waals surface area contributed by atoms with Crippen LogP contribution in [0.2, 0.25) is 0 Å². The molecule has 1 aliphatic rings. The van der Waals surface area contributed by atoms with Gasteiger partial charge in [-0.1, -0.05) is 56.3 Å². The number of amidine groups is 1. The molecule has 2 aromatic rings. The average Bonchev–Trinajstić information content (AvgIpc) is 3.01. The molecular formula is C22H26N4O4S. The summed E-state index contributed by atoms with van der Waals surface area (Å²) in [5.41, 5.74) is 1.44. The van der Waals surface area contributed by atoms with Crippen molar-refractivity contribution in [1.82, 2.24) is 15.4 Å². The Labute approximate surface area is 182 Å². The molecule has 3 N–H and O–H groups in total. The third-order valence-corrected chi connectivity index (χ3v) is 6.21. The molecule has 0 radical (unpaired) electrons. The van der Waals surface area contributed by atoms with Gasteiger partial charge in [-0.05, 0) is 23.6 Å². The van der Waals surface area contributed by atoms with Crippen LogP contribution in [0.15, 0.2) is 64.5 Å². The Bertz CT molecular complexity index is 1080. The number of carbonyl (C=O) groups is 2. The predicted molar refractivity (Wildman–Crippen MR) is 118 cm³/mol. The number of fused-ring (bicyclic) bond motifs is 1. The third kappa shape index (κ3) is 5.69. The second kappa shape index (κ2) is 9.74. The highest BCUT2D eigenvalue weighted by Crippen LogP contribution is 2.23. The first-order chi connectivity index (χ1) is 14.8. The molecule has 0 aliphatic carbocycles. The first-order valence-corrected chi connectivity index (χ1v) is 11.5. The molecule has 1 aliphatic heterocycles. The smallest absolute Gasteiger partial charge is 0.263 e. The van der Waals surface area contributed by atoms with Gasteiger partial charge in [0.05, 0.1) is 4.90 Å². The fourth-order valence-electron chi connectivity index (χ4n) is 3.17. The molecule has 0 aromatic heterocycles. The number of hydrogen-bond acceptors (Lipinski definition) is 5. The molecule has 0 bridgehead atoms. The molecule has 0 saturated heterocycles. The van der Waals surface area contributed by atoms with Crippen molar-refractivity contribution in [1.29, 1.82) is 0 Å². The van der Waals surface area contributed by atoms with Crippen molar-refractivity contribution in [2.45, 2.75) is 37.8 Å². The summed E-state index contributed by atoms with van der Waals surface area (Å²) >= 11 is 0. The van der Waals surface area contributed by atoms with E-state index in [2.05, 4.69) is 20.3 Å². The summed E-state index contributed by atoms with van der Waals surface area (Å²) in [6, 6.07) is 15.3. The molecule has 0 saturated carbocycles. The van der Waals surface area contributed by atoms with Crippen molar-refractivity contribution in [2.24, 2.45) is 10.9 Å². The van der Waals surface area contributed by atoms with Crippen molar-refractivity contribution in [3.63, 3.8) is 0 Å². The molecule has 9 heteroatoms. The first-order valence-electron chi connectivity index (χ1n) is 10.1. The largest absolute Gasteiger partial charge is 0.354 e. The van der Waals surface area contributed by atoms with Gasteiger partial charge in [0.25, 0.3) is 10.0 Å². The van der Waals surface area contributed by atoms with Crippen molar-refractivity contribution in [2.75, 3.05) is 6.54 Å². The van der Waals surface area contributed by atoms with Crippen LogP contribution < -0.4 is 15.4 Å². The van der Waals surface area contributed by atoms with Gasteiger partial charge in [-0.15, -0.1) is 0 Å². The standard InChI is InChI=1S/C22H26N4O4S/c1-15(2)20(25-21-17-10-6-7-11-18(17)31(29,30)26-21)22(28)23-13-12-19(27)24-14-16-8-4-3-5-9-16/h3-11,15,20H,12-14H2,1-2H3,(H,23,28)(H,24,27)(H,25,26)/t20-/m0/s1. The quantitative estimate of drug-likeness (QED) is 0.575. The molecule has 0 spiro atoms. The van der Waals surface area contributed by atoms with Crippen molar-refractivity contribution in [3.05, 3.63) is 65.7 Å². The van der Waals surface area contributed by atoms with Crippen molar-refractivity contribution >= 4 is 27.7 Å². The van der Waals surface area contributed by atoms with E-state index in [1.165, 1.54) is 6.07 Å². The molecule has 0 fully saturated rings. The summed E-state index contributed by atoms with van der Waals surface area (Å²) in [5.74, 6) is -0.544. The lowest BCUT2D eigenvalue weighted by atomic mass is 10.0. The van der Waals surface area contributed by atoms with Gasteiger partial charge in [-0.2, -0.15) is 0 Å². The van der Waals surface area contributed by atoms with E-state index in [0.29, 0.717) is 12.1 Å². The normalized spacial score (nSPS) is 16.4. The van der Waals surface area contributed by atoms with E-state index in [4.69, 9.17) is 0 Å². The maximum atomic E-state index is 12.7. The van der Waals surface area contributed by atoms with Crippen LogP contribution in [0.1, 0.15) is 31.4 Å². The number of aliphatic imine (C=N–C) groups is 1. The minimum absolute atomic E-state index is 0.134. The Kier molecular flexibility index (Phi) is 7.06. The van der Waals surface area contributed by atoms with Gasteiger partial charge < -0.3 is 10.6 Å². The monoisotopic (exact) mass is 442 g/mol. The van der Waals surface area contributed by atoms with E-state index in [-0.39, 0.29) is 41.4 Å². The maximum Gasteiger partial charge on any atom is 0.263 e. The van der Waals surface area contributed by atoms with Crippen molar-refractivity contribution in [3.8, 4) is 0 Å². The highest BCUT2D eigenvalue weighted by Gasteiger charge is 2.32. The van der Waals surface area contributed by atoms with Gasteiger partial charge in [0.15, 0.2) is 0 Å². The molecule has 3 rings (SSSR count). The lowest BCUT2D eigenvalue weighted by Gasteiger charge is -2.17. The van der Waals surface area contributed by atoms with Gasteiger partial charge in [0.2, 0.25) is 11.8 Å². The molecule has 1 heterocycles. The zero-order valence-corrected chi connectivity index (χ0v) is 18.3. The Morgan fingerprint density at radius 1 is 1.00 bits per heavy atom. The highest BCUT2D eigenvalue weighted by atomic mass is 32.2. The summed E-state index contributed by atoms with van der Waals surface area (Å²) in [5, 5.41) is 5.54. The van der Waals surface area contributed by atoms with Gasteiger partial charge in [-0.3, -0.25) is 19.3 Å². The van der Waals surface area contributed by atoms with E-state index in [9.17, 15) is 18.0 Å². The Balaban J connectivity index is 1.58. The van der Waals surface area contributed by atoms with Crippen LogP contribution in [-0.2, 0) is 26.2 Å². The van der Waals surface area contributed by atoms with Crippen LogP contribution in [0.3, 0.4) is 0 Å². The van der Waals surface area contributed by atoms with E-state index in [1.54, 1.807) is 18.2 Å². The second-order valence-electron chi connectivity index (χ2n) is 7.57. The summed E-state index contributed by atoms with van der Waals surface area (Å²) in [6.45, 7) is 4.25. The Morgan fingerprint density at radius 3 is 2.39 bits per heavy atom. The Hall–Kier alpha value is -3.20. The average molecular weight is 443 g/mol. The topological polar surface area (TPSA) is 117 Å². The van der Waals surface area contributed by atoms with Crippen LogP contribution in [0.4, 0.5) is 0 Å². The van der Waals surface area contributed by atoms with E-state index in [1.807, 2.05) is 44.2 Å². The molecule has 1 atom stereocenters. The van der Waals surface area contributed by atoms with Crippen LogP contribution in [0, 0.1) is 5.92 Å². The molecule has 31 heavy (non-hydrogen) atoms. The number of hydrogen-bond donors (Lipinski definition) is 3. The van der Waals surface area contributed by atoms with Crippen molar-refractivity contribution < 1.29 is 18.0 Å². The predicted octanol–water partition coefficient (Wildman–Crippen LogP) is 1.57. The summed E-state index contributed by atoms with van der Waals surface area (Å²) < 4.78 is 26.9. The number of benzene rings is 2. The zero-order valence-electron chi connectivity index (χ0n) is 17.5. The lowest BCUT2D eigenvalue weighted by Crippen LogP contribution is -2.40. The van der Waals surface area contributed by atoms with Crippen LogP contribution in [0.25, 0.3) is 0 Å². The minimum atomic E-state index is -3.67. The number of sulfonamides is 1. The van der Waals surface area contributed by atoms with Crippen LogP contribution in [0.5, 0.6) is 0 Å². The summed E-state index contributed by atoms with van der Waals surface area (Å²) in [7, 11) is -3.67. The number of rotatable bonds is 8. The molecule has 2 aromatic carbocycles. The first kappa shape index (κ1) is 22.5. The van der Waals surface area contributed by atoms with Gasteiger partial charge in [0.1, 0.15) is 11.9 Å². The fourth-order valence-corrected chi connectivity index (χ4v) is 4.41. The van der Waals surface area contributed by atoms with Gasteiger partial charge in [0, 0.05) is 25.1 Å². The number of carbonyl (C=O) groups excluding carboxylic acids is 2. The second-order valence-corrected chi connectivity index (χ2v) is 9.22. The zero-order chi connectivity index (χ0) is 22.4. The van der Waals surface area contributed by atoms with E-state index in [0.717, 1.165) is 5.56 Å². The highest BCUT2D eigenvalue weighted by molar-refractivity contribution is 7.90. The fraction of sp³-hybridized carbons (Fsp3) is 0.318. The van der Waals surface area contributed by atoms with E-state index >= 15 is 0 Å². The molecule has 164 valence electrons.